The fourth-order valence-corrected chi connectivity index (χ4v) is 3.35. The third-order valence-electron chi connectivity index (χ3n) is 4.97. The van der Waals surface area contributed by atoms with Gasteiger partial charge in [-0.3, -0.25) is 0 Å². The Labute approximate surface area is 152 Å². The van der Waals surface area contributed by atoms with Crippen LogP contribution in [0.4, 0.5) is 0 Å². The number of hydrogen-bond donors (Lipinski definition) is 2. The molecule has 0 bridgehead atoms. The van der Waals surface area contributed by atoms with E-state index < -0.39 is 6.10 Å². The van der Waals surface area contributed by atoms with Crippen LogP contribution in [0.3, 0.4) is 0 Å². The van der Waals surface area contributed by atoms with Gasteiger partial charge in [0.1, 0.15) is 12.7 Å². The standard InChI is InChI=1S/C20H34N2O3/c1-4-22(5-2)14-18(23)15-25-20-12-16(10-11-19(20)24-3)13-21-17-8-6-7-9-17/h10-12,17-18,21,23H,4-9,13-15H2,1-3H3. The molecule has 5 heteroatoms. The quantitative estimate of drug-likeness (QED) is 0.643. The molecule has 0 spiro atoms. The van der Waals surface area contributed by atoms with Gasteiger partial charge in [0.15, 0.2) is 11.5 Å². The molecule has 1 aromatic rings. The van der Waals surface area contributed by atoms with Crippen molar-refractivity contribution >= 4 is 0 Å². The molecule has 0 radical (unpaired) electrons. The first kappa shape index (κ1) is 20.0. The van der Waals surface area contributed by atoms with Crippen molar-refractivity contribution in [2.45, 2.75) is 58.2 Å². The average Bonchev–Trinajstić information content (AvgIpc) is 3.16. The van der Waals surface area contributed by atoms with Crippen LogP contribution < -0.4 is 14.8 Å². The molecule has 0 amide bonds. The fourth-order valence-electron chi connectivity index (χ4n) is 3.35. The van der Waals surface area contributed by atoms with Crippen molar-refractivity contribution in [2.75, 3.05) is 33.4 Å². The number of nitrogens with zero attached hydrogens (tertiary/aromatic N) is 1. The van der Waals surface area contributed by atoms with Gasteiger partial charge in [-0.2, -0.15) is 0 Å². The average molecular weight is 351 g/mol. The molecule has 2 rings (SSSR count). The highest BCUT2D eigenvalue weighted by Crippen LogP contribution is 2.28. The predicted molar refractivity (Wildman–Crippen MR) is 101 cm³/mol. The number of likely N-dealkylation sites (N-methyl/N-ethyl adjacent to an activating group) is 1. The molecule has 25 heavy (non-hydrogen) atoms. The maximum atomic E-state index is 10.2. The number of ether oxygens (including phenoxy) is 2. The number of methoxy groups -OCH3 is 1. The van der Waals surface area contributed by atoms with Crippen molar-refractivity contribution in [1.82, 2.24) is 10.2 Å². The van der Waals surface area contributed by atoms with Crippen LogP contribution in [0, 0.1) is 0 Å². The number of aliphatic hydroxyl groups excluding tert-OH is 1. The van der Waals surface area contributed by atoms with Crippen LogP contribution in [-0.2, 0) is 6.54 Å². The molecule has 1 unspecified atom stereocenters. The first-order valence-electron chi connectivity index (χ1n) is 9.59. The van der Waals surface area contributed by atoms with Gasteiger partial charge >= 0.3 is 0 Å². The van der Waals surface area contributed by atoms with E-state index in [4.69, 9.17) is 9.47 Å². The monoisotopic (exact) mass is 350 g/mol. The highest BCUT2D eigenvalue weighted by molar-refractivity contribution is 5.43. The molecule has 2 N–H and O–H groups in total. The first-order chi connectivity index (χ1) is 12.2. The van der Waals surface area contributed by atoms with E-state index in [9.17, 15) is 5.11 Å². The molecule has 1 aliphatic rings. The number of benzene rings is 1. The van der Waals surface area contributed by atoms with Crippen LogP contribution in [0.15, 0.2) is 18.2 Å². The van der Waals surface area contributed by atoms with Crippen LogP contribution in [0.25, 0.3) is 0 Å². The molecule has 0 aliphatic heterocycles. The molecule has 1 fully saturated rings. The number of rotatable bonds is 11. The smallest absolute Gasteiger partial charge is 0.161 e. The molecular formula is C20H34N2O3. The topological polar surface area (TPSA) is 54.0 Å². The molecule has 0 saturated heterocycles. The van der Waals surface area contributed by atoms with Gasteiger partial charge < -0.3 is 24.8 Å². The van der Waals surface area contributed by atoms with Crippen molar-refractivity contribution < 1.29 is 14.6 Å². The van der Waals surface area contributed by atoms with Gasteiger partial charge in [-0.25, -0.2) is 0 Å². The van der Waals surface area contributed by atoms with E-state index in [1.54, 1.807) is 7.11 Å². The van der Waals surface area contributed by atoms with E-state index in [-0.39, 0.29) is 6.61 Å². The molecule has 0 heterocycles. The maximum absolute atomic E-state index is 10.2. The van der Waals surface area contributed by atoms with Gasteiger partial charge in [0.2, 0.25) is 0 Å². The number of hydrogen-bond acceptors (Lipinski definition) is 5. The van der Waals surface area contributed by atoms with E-state index in [2.05, 4.69) is 30.1 Å². The van der Waals surface area contributed by atoms with E-state index in [0.717, 1.165) is 19.6 Å². The normalized spacial score (nSPS) is 16.4. The Hall–Kier alpha value is -1.30. The summed E-state index contributed by atoms with van der Waals surface area (Å²) in [6.45, 7) is 7.79. The Morgan fingerprint density at radius 3 is 2.56 bits per heavy atom. The van der Waals surface area contributed by atoms with Gasteiger partial charge in [0.05, 0.1) is 7.11 Å². The SMILES string of the molecule is CCN(CC)CC(O)COc1cc(CNC2CCCC2)ccc1OC. The Morgan fingerprint density at radius 2 is 1.92 bits per heavy atom. The van der Waals surface area contributed by atoms with Crippen molar-refractivity contribution in [3.05, 3.63) is 23.8 Å². The van der Waals surface area contributed by atoms with Crippen molar-refractivity contribution in [1.29, 1.82) is 0 Å². The lowest BCUT2D eigenvalue weighted by molar-refractivity contribution is 0.0705. The number of aliphatic hydroxyl groups is 1. The minimum Gasteiger partial charge on any atom is -0.493 e. The van der Waals surface area contributed by atoms with Crippen molar-refractivity contribution in [3.63, 3.8) is 0 Å². The second-order valence-corrected chi connectivity index (χ2v) is 6.80. The van der Waals surface area contributed by atoms with Crippen LogP contribution in [0.2, 0.25) is 0 Å². The minimum atomic E-state index is -0.509. The Balaban J connectivity index is 1.89. The van der Waals surface area contributed by atoms with E-state index >= 15 is 0 Å². The second kappa shape index (κ2) is 10.6. The summed E-state index contributed by atoms with van der Waals surface area (Å²) < 4.78 is 11.3. The van der Waals surface area contributed by atoms with Crippen molar-refractivity contribution in [3.8, 4) is 11.5 Å². The predicted octanol–water partition coefficient (Wildman–Crippen LogP) is 2.81. The Morgan fingerprint density at radius 1 is 1.20 bits per heavy atom. The summed E-state index contributed by atoms with van der Waals surface area (Å²) in [5.74, 6) is 1.41. The first-order valence-corrected chi connectivity index (χ1v) is 9.59. The summed E-state index contributed by atoms with van der Waals surface area (Å²) in [7, 11) is 1.64. The van der Waals surface area contributed by atoms with Crippen LogP contribution in [-0.4, -0.2) is 55.5 Å². The van der Waals surface area contributed by atoms with E-state index in [1.807, 2.05) is 12.1 Å². The third-order valence-corrected chi connectivity index (χ3v) is 4.97. The molecule has 5 nitrogen and oxygen atoms in total. The minimum absolute atomic E-state index is 0.270. The summed E-state index contributed by atoms with van der Waals surface area (Å²) >= 11 is 0. The lowest BCUT2D eigenvalue weighted by atomic mass is 10.1. The summed E-state index contributed by atoms with van der Waals surface area (Å²) in [4.78, 5) is 2.19. The zero-order valence-electron chi connectivity index (χ0n) is 16.0. The van der Waals surface area contributed by atoms with Gasteiger partial charge in [-0.05, 0) is 43.6 Å². The molecule has 142 valence electrons. The Bertz CT molecular complexity index is 500. The lowest BCUT2D eigenvalue weighted by Gasteiger charge is -2.22. The van der Waals surface area contributed by atoms with Crippen molar-refractivity contribution in [2.24, 2.45) is 0 Å². The summed E-state index contributed by atoms with van der Waals surface area (Å²) in [5.41, 5.74) is 1.18. The van der Waals surface area contributed by atoms with E-state index in [1.165, 1.54) is 31.2 Å². The van der Waals surface area contributed by atoms with E-state index in [0.29, 0.717) is 24.1 Å². The maximum Gasteiger partial charge on any atom is 0.161 e. The summed E-state index contributed by atoms with van der Waals surface area (Å²) in [5, 5.41) is 13.8. The number of nitrogens with one attached hydrogen (secondary N) is 1. The highest BCUT2D eigenvalue weighted by atomic mass is 16.5. The second-order valence-electron chi connectivity index (χ2n) is 6.80. The van der Waals surface area contributed by atoms with Gasteiger partial charge in [-0.1, -0.05) is 32.8 Å². The molecule has 1 saturated carbocycles. The van der Waals surface area contributed by atoms with Crippen LogP contribution in [0.5, 0.6) is 11.5 Å². The van der Waals surface area contributed by atoms with Gasteiger partial charge in [0, 0.05) is 19.1 Å². The fraction of sp³-hybridized carbons (Fsp3) is 0.700. The van der Waals surface area contributed by atoms with Crippen LogP contribution >= 0.6 is 0 Å². The molecular weight excluding hydrogens is 316 g/mol. The molecule has 1 aromatic carbocycles. The van der Waals surface area contributed by atoms with Gasteiger partial charge in [-0.15, -0.1) is 0 Å². The highest BCUT2D eigenvalue weighted by Gasteiger charge is 2.15. The molecule has 1 aliphatic carbocycles. The van der Waals surface area contributed by atoms with Gasteiger partial charge in [0.25, 0.3) is 0 Å². The third kappa shape index (κ3) is 6.49. The molecule has 0 aromatic heterocycles. The molecule has 1 atom stereocenters. The Kier molecular flexibility index (Phi) is 8.52. The van der Waals surface area contributed by atoms with Crippen LogP contribution in [0.1, 0.15) is 45.1 Å². The summed E-state index contributed by atoms with van der Waals surface area (Å²) in [6, 6.07) is 6.67. The largest absolute Gasteiger partial charge is 0.493 e. The zero-order chi connectivity index (χ0) is 18.1. The lowest BCUT2D eigenvalue weighted by Crippen LogP contribution is -2.35. The summed E-state index contributed by atoms with van der Waals surface area (Å²) in [6.07, 6.45) is 4.71. The zero-order valence-corrected chi connectivity index (χ0v) is 16.0.